The summed E-state index contributed by atoms with van der Waals surface area (Å²) in [4.78, 5) is 2.86. The summed E-state index contributed by atoms with van der Waals surface area (Å²) in [6.45, 7) is 9.55. The lowest BCUT2D eigenvalue weighted by Crippen LogP contribution is -2.59. The van der Waals surface area contributed by atoms with Gasteiger partial charge in [-0.25, -0.2) is 0 Å². The number of nitrogens with zero attached hydrogens (tertiary/aromatic N) is 1. The maximum absolute atomic E-state index is 3.78. The van der Waals surface area contributed by atoms with Crippen molar-refractivity contribution in [3.05, 3.63) is 0 Å². The number of piperazine rings is 1. The molecule has 1 aliphatic carbocycles. The Morgan fingerprint density at radius 3 is 2.50 bits per heavy atom. The molecule has 2 nitrogen and oxygen atoms in total. The summed E-state index contributed by atoms with van der Waals surface area (Å²) in [5.74, 6) is 0.814. The SMILES string of the molecule is CCC1CNC(CC(C)C)CN1C1CCCCC1. The average Bonchev–Trinajstić information content (AvgIpc) is 2.39. The first-order chi connectivity index (χ1) is 8.70. The molecular weight excluding hydrogens is 220 g/mol. The molecule has 1 saturated heterocycles. The van der Waals surface area contributed by atoms with Crippen LogP contribution in [0.4, 0.5) is 0 Å². The molecule has 2 rings (SSSR count). The van der Waals surface area contributed by atoms with E-state index < -0.39 is 0 Å². The van der Waals surface area contributed by atoms with Crippen LogP contribution in [0.3, 0.4) is 0 Å². The van der Waals surface area contributed by atoms with E-state index in [0.29, 0.717) is 0 Å². The zero-order valence-corrected chi connectivity index (χ0v) is 12.6. The van der Waals surface area contributed by atoms with E-state index in [9.17, 15) is 0 Å². The molecule has 0 aromatic carbocycles. The van der Waals surface area contributed by atoms with Crippen molar-refractivity contribution in [2.24, 2.45) is 5.92 Å². The Balaban J connectivity index is 1.93. The molecule has 106 valence electrons. The van der Waals surface area contributed by atoms with Gasteiger partial charge in [0.05, 0.1) is 0 Å². The Bertz CT molecular complexity index is 233. The molecular formula is C16H32N2. The Hall–Kier alpha value is -0.0800. The molecule has 0 aromatic rings. The zero-order valence-electron chi connectivity index (χ0n) is 12.6. The lowest BCUT2D eigenvalue weighted by atomic mass is 9.90. The van der Waals surface area contributed by atoms with Gasteiger partial charge in [-0.3, -0.25) is 4.90 Å². The smallest absolute Gasteiger partial charge is 0.0221 e. The second-order valence-electron chi connectivity index (χ2n) is 6.79. The van der Waals surface area contributed by atoms with Gasteiger partial charge in [0, 0.05) is 31.2 Å². The molecule has 0 aromatic heterocycles. The van der Waals surface area contributed by atoms with Crippen molar-refractivity contribution in [3.63, 3.8) is 0 Å². The van der Waals surface area contributed by atoms with Crippen LogP contribution in [0, 0.1) is 5.92 Å². The van der Waals surface area contributed by atoms with E-state index in [-0.39, 0.29) is 0 Å². The molecule has 0 bridgehead atoms. The van der Waals surface area contributed by atoms with E-state index in [1.807, 2.05) is 0 Å². The maximum Gasteiger partial charge on any atom is 0.0221 e. The predicted octanol–water partition coefficient (Wildman–Crippen LogP) is 3.42. The summed E-state index contributed by atoms with van der Waals surface area (Å²) in [7, 11) is 0. The molecule has 1 heterocycles. The van der Waals surface area contributed by atoms with Crippen LogP contribution < -0.4 is 5.32 Å². The Morgan fingerprint density at radius 2 is 1.89 bits per heavy atom. The van der Waals surface area contributed by atoms with Crippen molar-refractivity contribution in [2.75, 3.05) is 13.1 Å². The van der Waals surface area contributed by atoms with Gasteiger partial charge in [0.2, 0.25) is 0 Å². The van der Waals surface area contributed by atoms with Crippen molar-refractivity contribution >= 4 is 0 Å². The fourth-order valence-electron chi connectivity index (χ4n) is 3.85. The largest absolute Gasteiger partial charge is 0.311 e. The van der Waals surface area contributed by atoms with E-state index in [2.05, 4.69) is 31.0 Å². The summed E-state index contributed by atoms with van der Waals surface area (Å²) >= 11 is 0. The molecule has 1 saturated carbocycles. The number of nitrogens with one attached hydrogen (secondary N) is 1. The Morgan fingerprint density at radius 1 is 1.17 bits per heavy atom. The van der Waals surface area contributed by atoms with E-state index >= 15 is 0 Å². The van der Waals surface area contributed by atoms with Crippen LogP contribution in [0.5, 0.6) is 0 Å². The monoisotopic (exact) mass is 252 g/mol. The third-order valence-electron chi connectivity index (χ3n) is 4.81. The number of hydrogen-bond donors (Lipinski definition) is 1. The van der Waals surface area contributed by atoms with Gasteiger partial charge in [-0.15, -0.1) is 0 Å². The van der Waals surface area contributed by atoms with Crippen molar-refractivity contribution in [3.8, 4) is 0 Å². The van der Waals surface area contributed by atoms with Gasteiger partial charge in [-0.05, 0) is 31.6 Å². The third kappa shape index (κ3) is 3.71. The Labute approximate surface area is 114 Å². The molecule has 0 amide bonds. The molecule has 2 fully saturated rings. The minimum Gasteiger partial charge on any atom is -0.311 e. The van der Waals surface area contributed by atoms with Crippen LogP contribution in [0.2, 0.25) is 0 Å². The van der Waals surface area contributed by atoms with Crippen molar-refractivity contribution in [1.82, 2.24) is 10.2 Å². The highest BCUT2D eigenvalue weighted by Gasteiger charge is 2.32. The van der Waals surface area contributed by atoms with Gasteiger partial charge in [0.25, 0.3) is 0 Å². The maximum atomic E-state index is 3.78. The standard InChI is InChI=1S/C16H32N2/c1-4-15-11-17-14(10-13(2)3)12-18(15)16-8-6-5-7-9-16/h13-17H,4-12H2,1-3H3. The lowest BCUT2D eigenvalue weighted by Gasteiger charge is -2.46. The average molecular weight is 252 g/mol. The Kier molecular flexibility index (Phi) is 5.50. The van der Waals surface area contributed by atoms with Crippen LogP contribution >= 0.6 is 0 Å². The zero-order chi connectivity index (χ0) is 13.0. The molecule has 2 atom stereocenters. The van der Waals surface area contributed by atoms with Crippen molar-refractivity contribution in [2.45, 2.75) is 83.8 Å². The van der Waals surface area contributed by atoms with Gasteiger partial charge < -0.3 is 5.32 Å². The van der Waals surface area contributed by atoms with Crippen molar-refractivity contribution in [1.29, 1.82) is 0 Å². The van der Waals surface area contributed by atoms with Crippen LogP contribution in [0.25, 0.3) is 0 Å². The van der Waals surface area contributed by atoms with E-state index in [0.717, 1.165) is 24.0 Å². The van der Waals surface area contributed by atoms with Crippen LogP contribution in [-0.4, -0.2) is 36.1 Å². The first-order valence-electron chi connectivity index (χ1n) is 8.19. The van der Waals surface area contributed by atoms with Gasteiger partial charge in [-0.1, -0.05) is 40.0 Å². The summed E-state index contributed by atoms with van der Waals surface area (Å²) in [6.07, 6.45) is 9.92. The van der Waals surface area contributed by atoms with E-state index in [1.165, 1.54) is 58.0 Å². The molecule has 1 aliphatic heterocycles. The molecule has 2 heteroatoms. The third-order valence-corrected chi connectivity index (χ3v) is 4.81. The topological polar surface area (TPSA) is 15.3 Å². The molecule has 0 radical (unpaired) electrons. The number of rotatable bonds is 4. The molecule has 2 aliphatic rings. The van der Waals surface area contributed by atoms with Crippen LogP contribution in [0.1, 0.15) is 65.7 Å². The quantitative estimate of drug-likeness (QED) is 0.825. The summed E-state index contributed by atoms with van der Waals surface area (Å²) in [6, 6.07) is 2.41. The minimum absolute atomic E-state index is 0.731. The highest BCUT2D eigenvalue weighted by Crippen LogP contribution is 2.27. The van der Waals surface area contributed by atoms with E-state index in [1.54, 1.807) is 0 Å². The number of hydrogen-bond acceptors (Lipinski definition) is 2. The second kappa shape index (κ2) is 6.91. The second-order valence-corrected chi connectivity index (χ2v) is 6.79. The fraction of sp³-hybridized carbons (Fsp3) is 1.00. The lowest BCUT2D eigenvalue weighted by molar-refractivity contribution is 0.0552. The predicted molar refractivity (Wildman–Crippen MR) is 78.9 cm³/mol. The summed E-state index contributed by atoms with van der Waals surface area (Å²) in [5.41, 5.74) is 0. The molecule has 0 spiro atoms. The first-order valence-corrected chi connectivity index (χ1v) is 8.19. The van der Waals surface area contributed by atoms with Crippen LogP contribution in [-0.2, 0) is 0 Å². The molecule has 2 unspecified atom stereocenters. The minimum atomic E-state index is 0.731. The highest BCUT2D eigenvalue weighted by atomic mass is 15.3. The van der Waals surface area contributed by atoms with Crippen LogP contribution in [0.15, 0.2) is 0 Å². The fourth-order valence-corrected chi connectivity index (χ4v) is 3.85. The van der Waals surface area contributed by atoms with Gasteiger partial charge in [0.1, 0.15) is 0 Å². The van der Waals surface area contributed by atoms with E-state index in [4.69, 9.17) is 0 Å². The van der Waals surface area contributed by atoms with Gasteiger partial charge in [-0.2, -0.15) is 0 Å². The first kappa shape index (κ1) is 14.3. The highest BCUT2D eigenvalue weighted by molar-refractivity contribution is 4.90. The van der Waals surface area contributed by atoms with Gasteiger partial charge >= 0.3 is 0 Å². The molecule has 1 N–H and O–H groups in total. The summed E-state index contributed by atoms with van der Waals surface area (Å²) < 4.78 is 0. The van der Waals surface area contributed by atoms with Crippen molar-refractivity contribution < 1.29 is 0 Å². The normalized spacial score (nSPS) is 32.0. The van der Waals surface area contributed by atoms with Gasteiger partial charge in [0.15, 0.2) is 0 Å². The molecule has 18 heavy (non-hydrogen) atoms. The summed E-state index contributed by atoms with van der Waals surface area (Å²) in [5, 5.41) is 3.78.